The molecule has 1 aromatic heterocycles. The third kappa shape index (κ3) is 1.67. The van der Waals surface area contributed by atoms with E-state index in [-0.39, 0.29) is 12.3 Å². The molecule has 0 aliphatic heterocycles. The topological polar surface area (TPSA) is 69.3 Å². The summed E-state index contributed by atoms with van der Waals surface area (Å²) in [5, 5.41) is 0.295. The largest absolute Gasteiger partial charge is 0.422 e. The molecule has 1 aromatic carbocycles. The minimum Gasteiger partial charge on any atom is -0.372 e. The molecule has 0 fully saturated rings. The van der Waals surface area contributed by atoms with Crippen molar-refractivity contribution in [1.82, 2.24) is 4.57 Å². The quantitative estimate of drug-likeness (QED) is 0.739. The molecule has 5 nitrogen and oxygen atoms in total. The average Bonchev–Trinajstić information content (AvgIpc) is 2.24. The maximum absolute atomic E-state index is 11.4. The minimum absolute atomic E-state index is 0.0941. The van der Waals surface area contributed by atoms with Gasteiger partial charge in [-0.05, 0) is 19.1 Å². The average molecular weight is 219 g/mol. The van der Waals surface area contributed by atoms with Gasteiger partial charge in [0.05, 0.1) is 17.4 Å². The zero-order valence-electron chi connectivity index (χ0n) is 8.60. The van der Waals surface area contributed by atoms with Gasteiger partial charge in [0.1, 0.15) is 5.78 Å². The number of ketones is 1. The Morgan fingerprint density at radius 1 is 1.31 bits per heavy atom. The highest BCUT2D eigenvalue weighted by Crippen LogP contribution is 2.06. The highest BCUT2D eigenvalue weighted by Gasteiger charge is 2.09. The highest BCUT2D eigenvalue weighted by atomic mass is 16.4. The van der Waals surface area contributed by atoms with Crippen molar-refractivity contribution in [3.8, 4) is 0 Å². The molecule has 82 valence electrons. The van der Waals surface area contributed by atoms with Crippen molar-refractivity contribution in [3.05, 3.63) is 45.2 Å². The Kier molecular flexibility index (Phi) is 2.44. The fraction of sp³-hybridized carbons (Fsp3) is 0.182. The van der Waals surface area contributed by atoms with Crippen LogP contribution >= 0.6 is 0 Å². The molecule has 0 radical (unpaired) electrons. The summed E-state index contributed by atoms with van der Waals surface area (Å²) in [5.41, 5.74) is -0.264. The summed E-state index contributed by atoms with van der Waals surface area (Å²) in [4.78, 5) is 33.8. The van der Waals surface area contributed by atoms with Crippen LogP contribution in [0.2, 0.25) is 0 Å². The number of hydrogen-bond acceptors (Lipinski definition) is 4. The third-order valence-electron chi connectivity index (χ3n) is 2.20. The lowest BCUT2D eigenvalue weighted by Gasteiger charge is -2.05. The molecular weight excluding hydrogens is 210 g/mol. The normalized spacial score (nSPS) is 10.6. The van der Waals surface area contributed by atoms with Gasteiger partial charge >= 0.3 is 11.4 Å². The predicted octanol–water partition coefficient (Wildman–Crippen LogP) is 0.544. The number of benzene rings is 1. The van der Waals surface area contributed by atoms with Crippen LogP contribution in [-0.2, 0) is 11.3 Å². The summed E-state index contributed by atoms with van der Waals surface area (Å²) in [6, 6.07) is 6.52. The van der Waals surface area contributed by atoms with Crippen LogP contribution in [-0.4, -0.2) is 10.4 Å². The number of para-hydroxylation sites is 1. The molecule has 0 spiro atoms. The Morgan fingerprint density at radius 2 is 2.00 bits per heavy atom. The summed E-state index contributed by atoms with van der Waals surface area (Å²) in [6.45, 7) is 1.27. The number of aromatic nitrogens is 1. The third-order valence-corrected chi connectivity index (χ3v) is 2.20. The lowest BCUT2D eigenvalue weighted by Crippen LogP contribution is -2.27. The number of rotatable bonds is 2. The SMILES string of the molecule is CC(=O)Cn1c(=O)oc(=O)c2ccccc21. The Labute approximate surface area is 89.9 Å². The van der Waals surface area contributed by atoms with Gasteiger partial charge in [-0.2, -0.15) is 0 Å². The van der Waals surface area contributed by atoms with Crippen LogP contribution in [0.15, 0.2) is 38.3 Å². The van der Waals surface area contributed by atoms with E-state index in [1.54, 1.807) is 24.3 Å². The van der Waals surface area contributed by atoms with E-state index in [9.17, 15) is 14.4 Å². The Bertz CT molecular complexity index is 665. The first kappa shape index (κ1) is 10.4. The van der Waals surface area contributed by atoms with E-state index < -0.39 is 11.4 Å². The Morgan fingerprint density at radius 3 is 2.69 bits per heavy atom. The molecule has 0 atom stereocenters. The molecule has 0 saturated heterocycles. The van der Waals surface area contributed by atoms with Gasteiger partial charge in [0.2, 0.25) is 0 Å². The molecule has 0 bridgehead atoms. The number of fused-ring (bicyclic) bond motifs is 1. The summed E-state index contributed by atoms with van der Waals surface area (Å²) < 4.78 is 5.67. The molecule has 0 amide bonds. The molecule has 2 rings (SSSR count). The van der Waals surface area contributed by atoms with Crippen LogP contribution in [0.1, 0.15) is 6.92 Å². The second-order valence-corrected chi connectivity index (χ2v) is 3.46. The van der Waals surface area contributed by atoms with Crippen LogP contribution in [0, 0.1) is 0 Å². The first-order valence-electron chi connectivity index (χ1n) is 4.71. The maximum Gasteiger partial charge on any atom is 0.422 e. The fourth-order valence-corrected chi connectivity index (χ4v) is 1.54. The highest BCUT2D eigenvalue weighted by molar-refractivity contribution is 5.81. The van der Waals surface area contributed by atoms with Gasteiger partial charge in [-0.1, -0.05) is 12.1 Å². The predicted molar refractivity (Wildman–Crippen MR) is 57.4 cm³/mol. The Hall–Kier alpha value is -2.17. The second-order valence-electron chi connectivity index (χ2n) is 3.46. The van der Waals surface area contributed by atoms with Crippen molar-refractivity contribution in [2.24, 2.45) is 0 Å². The van der Waals surface area contributed by atoms with Crippen molar-refractivity contribution in [3.63, 3.8) is 0 Å². The van der Waals surface area contributed by atoms with Crippen molar-refractivity contribution in [2.45, 2.75) is 13.5 Å². The van der Waals surface area contributed by atoms with E-state index in [1.807, 2.05) is 0 Å². The van der Waals surface area contributed by atoms with E-state index in [2.05, 4.69) is 4.42 Å². The lowest BCUT2D eigenvalue weighted by atomic mass is 10.2. The first-order chi connectivity index (χ1) is 7.59. The molecule has 0 saturated carbocycles. The van der Waals surface area contributed by atoms with Crippen LogP contribution in [0.4, 0.5) is 0 Å². The number of hydrogen-bond donors (Lipinski definition) is 0. The molecule has 2 aromatic rings. The van der Waals surface area contributed by atoms with Crippen molar-refractivity contribution >= 4 is 16.7 Å². The molecule has 0 unspecified atom stereocenters. The maximum atomic E-state index is 11.4. The van der Waals surface area contributed by atoms with E-state index in [0.717, 1.165) is 4.57 Å². The second kappa shape index (κ2) is 3.77. The van der Waals surface area contributed by atoms with Gasteiger partial charge < -0.3 is 4.42 Å². The molecule has 16 heavy (non-hydrogen) atoms. The van der Waals surface area contributed by atoms with Crippen molar-refractivity contribution < 1.29 is 9.21 Å². The van der Waals surface area contributed by atoms with Gasteiger partial charge in [0, 0.05) is 0 Å². The monoisotopic (exact) mass is 219 g/mol. The Balaban J connectivity index is 2.87. The lowest BCUT2D eigenvalue weighted by molar-refractivity contribution is -0.117. The van der Waals surface area contributed by atoms with Gasteiger partial charge in [-0.15, -0.1) is 0 Å². The summed E-state index contributed by atoms with van der Waals surface area (Å²) in [7, 11) is 0. The van der Waals surface area contributed by atoms with Gasteiger partial charge in [0.15, 0.2) is 0 Å². The number of nitrogens with zero attached hydrogens (tertiary/aromatic N) is 1. The van der Waals surface area contributed by atoms with Gasteiger partial charge in [-0.3, -0.25) is 9.36 Å². The van der Waals surface area contributed by atoms with Crippen LogP contribution < -0.4 is 11.4 Å². The summed E-state index contributed by atoms with van der Waals surface area (Å²) in [5.74, 6) is -0.986. The summed E-state index contributed by atoms with van der Waals surface area (Å²) >= 11 is 0. The molecule has 0 N–H and O–H groups in total. The zero-order valence-corrected chi connectivity index (χ0v) is 8.60. The van der Waals surface area contributed by atoms with Crippen molar-refractivity contribution in [2.75, 3.05) is 0 Å². The van der Waals surface area contributed by atoms with E-state index in [4.69, 9.17) is 0 Å². The van der Waals surface area contributed by atoms with Gasteiger partial charge in [0.25, 0.3) is 0 Å². The molecular formula is C11H9NO4. The molecule has 1 heterocycles. The zero-order chi connectivity index (χ0) is 11.7. The van der Waals surface area contributed by atoms with Crippen LogP contribution in [0.3, 0.4) is 0 Å². The number of Topliss-reactive ketones (excluding diaryl/α,β-unsaturated/α-hetero) is 1. The van der Waals surface area contributed by atoms with E-state index in [0.29, 0.717) is 10.9 Å². The van der Waals surface area contributed by atoms with E-state index in [1.165, 1.54) is 6.92 Å². The van der Waals surface area contributed by atoms with Crippen LogP contribution in [0.5, 0.6) is 0 Å². The minimum atomic E-state index is -0.807. The molecule has 0 aliphatic carbocycles. The van der Waals surface area contributed by atoms with Gasteiger partial charge in [-0.25, -0.2) is 9.59 Å². The van der Waals surface area contributed by atoms with Crippen LogP contribution in [0.25, 0.3) is 10.9 Å². The fourth-order valence-electron chi connectivity index (χ4n) is 1.54. The molecule has 5 heteroatoms. The standard InChI is InChI=1S/C11H9NO4/c1-7(13)6-12-9-5-3-2-4-8(9)10(14)16-11(12)15/h2-5H,6H2,1H3. The number of carbonyl (C=O) groups is 1. The van der Waals surface area contributed by atoms with E-state index >= 15 is 0 Å². The smallest absolute Gasteiger partial charge is 0.372 e. The summed E-state index contributed by atoms with van der Waals surface area (Å²) in [6.07, 6.45) is 0. The van der Waals surface area contributed by atoms with Crippen molar-refractivity contribution in [1.29, 1.82) is 0 Å². The molecule has 0 aliphatic rings. The number of carbonyl (C=O) groups excluding carboxylic acids is 1. The first-order valence-corrected chi connectivity index (χ1v) is 4.71.